The first-order valence-electron chi connectivity index (χ1n) is 9.10. The molecule has 0 bridgehead atoms. The summed E-state index contributed by atoms with van der Waals surface area (Å²) in [5, 5.41) is 8.83. The topological polar surface area (TPSA) is 107 Å². The molecule has 0 spiro atoms. The van der Waals surface area contributed by atoms with Crippen molar-refractivity contribution in [3.8, 4) is 0 Å². The molecule has 0 aliphatic carbocycles. The Morgan fingerprint density at radius 2 is 1.77 bits per heavy atom. The number of benzene rings is 2. The lowest BCUT2D eigenvalue weighted by Crippen LogP contribution is -2.29. The number of nitrogens with zero attached hydrogens (tertiary/aromatic N) is 3. The number of carbonyl (C=O) groups is 4. The number of aryl methyl sites for hydroxylation is 1. The first-order chi connectivity index (χ1) is 14.8. The van der Waals surface area contributed by atoms with Gasteiger partial charge in [0.2, 0.25) is 10.9 Å². The minimum Gasteiger partial charge on any atom is -0.451 e. The minimum absolute atomic E-state index is 0.0425. The normalized spacial score (nSPS) is 13.8. The molecule has 1 aromatic heterocycles. The van der Waals surface area contributed by atoms with Gasteiger partial charge < -0.3 is 4.74 Å². The van der Waals surface area contributed by atoms with Crippen LogP contribution >= 0.6 is 22.9 Å². The second-order valence-corrected chi connectivity index (χ2v) is 8.33. The Bertz CT molecular complexity index is 1260. The van der Waals surface area contributed by atoms with Crippen LogP contribution in [-0.2, 0) is 4.74 Å². The molecule has 0 saturated heterocycles. The van der Waals surface area contributed by atoms with E-state index in [4.69, 9.17) is 16.3 Å². The SMILES string of the molecule is Cc1nnc(N2C(=O)c3ccc(C(=O)O[C@H](C)C(=O)c4cccc(Cl)c4)cc3C2=O)s1. The first kappa shape index (κ1) is 20.8. The van der Waals surface area contributed by atoms with Gasteiger partial charge in [-0.3, -0.25) is 14.4 Å². The number of amides is 2. The van der Waals surface area contributed by atoms with E-state index in [0.29, 0.717) is 15.6 Å². The lowest BCUT2D eigenvalue weighted by atomic mass is 10.1. The molecule has 0 N–H and O–H groups in total. The molecule has 1 aliphatic rings. The van der Waals surface area contributed by atoms with E-state index in [-0.39, 0.29) is 21.8 Å². The Labute approximate surface area is 185 Å². The molecule has 1 aliphatic heterocycles. The molecule has 2 amide bonds. The van der Waals surface area contributed by atoms with Crippen molar-refractivity contribution in [2.24, 2.45) is 0 Å². The highest BCUT2D eigenvalue weighted by molar-refractivity contribution is 7.15. The highest BCUT2D eigenvalue weighted by Gasteiger charge is 2.39. The number of esters is 1. The third kappa shape index (κ3) is 3.85. The van der Waals surface area contributed by atoms with E-state index in [1.807, 2.05) is 0 Å². The molecular formula is C21H14ClN3O5S. The number of fused-ring (bicyclic) bond motifs is 1. The van der Waals surface area contributed by atoms with Crippen LogP contribution in [0.2, 0.25) is 5.02 Å². The molecule has 2 heterocycles. The Morgan fingerprint density at radius 1 is 1.03 bits per heavy atom. The molecule has 3 aromatic rings. The van der Waals surface area contributed by atoms with Gasteiger partial charge in [-0.15, -0.1) is 10.2 Å². The molecular weight excluding hydrogens is 442 g/mol. The van der Waals surface area contributed by atoms with E-state index in [2.05, 4.69) is 10.2 Å². The van der Waals surface area contributed by atoms with Crippen molar-refractivity contribution < 1.29 is 23.9 Å². The van der Waals surface area contributed by atoms with Crippen molar-refractivity contribution in [3.05, 3.63) is 74.7 Å². The predicted octanol–water partition coefficient (Wildman–Crippen LogP) is 3.73. The number of Topliss-reactive ketones (excluding diaryl/α,β-unsaturated/α-hetero) is 1. The zero-order chi connectivity index (χ0) is 22.3. The summed E-state index contributed by atoms with van der Waals surface area (Å²) in [6, 6.07) is 10.3. The number of ketones is 1. The quantitative estimate of drug-likeness (QED) is 0.327. The summed E-state index contributed by atoms with van der Waals surface area (Å²) in [5.74, 6) is -2.35. The van der Waals surface area contributed by atoms with Crippen LogP contribution < -0.4 is 4.90 Å². The first-order valence-corrected chi connectivity index (χ1v) is 10.3. The average Bonchev–Trinajstić information content (AvgIpc) is 3.27. The summed E-state index contributed by atoms with van der Waals surface area (Å²) in [6.45, 7) is 3.15. The average molecular weight is 456 g/mol. The van der Waals surface area contributed by atoms with E-state index in [1.54, 1.807) is 25.1 Å². The third-order valence-electron chi connectivity index (χ3n) is 4.59. The number of rotatable bonds is 5. The minimum atomic E-state index is -1.07. The zero-order valence-electron chi connectivity index (χ0n) is 16.3. The van der Waals surface area contributed by atoms with Crippen molar-refractivity contribution in [2.45, 2.75) is 20.0 Å². The Kier molecular flexibility index (Phi) is 5.38. The summed E-state index contributed by atoms with van der Waals surface area (Å²) in [7, 11) is 0. The highest BCUT2D eigenvalue weighted by atomic mass is 35.5. The molecule has 8 nitrogen and oxygen atoms in total. The van der Waals surface area contributed by atoms with Gasteiger partial charge in [0, 0.05) is 10.6 Å². The number of anilines is 1. The van der Waals surface area contributed by atoms with Crippen LogP contribution in [-0.4, -0.2) is 39.9 Å². The second-order valence-electron chi connectivity index (χ2n) is 6.73. The molecule has 0 radical (unpaired) electrons. The van der Waals surface area contributed by atoms with E-state index >= 15 is 0 Å². The maximum absolute atomic E-state index is 12.8. The van der Waals surface area contributed by atoms with Crippen LogP contribution in [0.3, 0.4) is 0 Å². The van der Waals surface area contributed by atoms with Crippen molar-refractivity contribution in [1.82, 2.24) is 10.2 Å². The van der Waals surface area contributed by atoms with Gasteiger partial charge in [-0.25, -0.2) is 9.69 Å². The number of carbonyl (C=O) groups excluding carboxylic acids is 4. The van der Waals surface area contributed by atoms with Gasteiger partial charge in [-0.2, -0.15) is 0 Å². The fourth-order valence-corrected chi connectivity index (χ4v) is 3.95. The number of imide groups is 1. The van der Waals surface area contributed by atoms with Crippen molar-refractivity contribution >= 4 is 51.6 Å². The van der Waals surface area contributed by atoms with E-state index in [9.17, 15) is 19.2 Å². The smallest absolute Gasteiger partial charge is 0.338 e. The van der Waals surface area contributed by atoms with Gasteiger partial charge in [-0.05, 0) is 44.2 Å². The summed E-state index contributed by atoms with van der Waals surface area (Å²) in [6.07, 6.45) is -1.07. The highest BCUT2D eigenvalue weighted by Crippen LogP contribution is 2.31. The lowest BCUT2D eigenvalue weighted by molar-refractivity contribution is 0.0318. The summed E-state index contributed by atoms with van der Waals surface area (Å²) in [4.78, 5) is 51.4. The summed E-state index contributed by atoms with van der Waals surface area (Å²) < 4.78 is 5.27. The van der Waals surface area contributed by atoms with Crippen molar-refractivity contribution in [2.75, 3.05) is 4.90 Å². The third-order valence-corrected chi connectivity index (χ3v) is 5.65. The predicted molar refractivity (Wildman–Crippen MR) is 113 cm³/mol. The maximum Gasteiger partial charge on any atom is 0.338 e. The van der Waals surface area contributed by atoms with Crippen LogP contribution in [0.4, 0.5) is 5.13 Å². The molecule has 0 saturated carbocycles. The molecule has 0 fully saturated rings. The van der Waals surface area contributed by atoms with Gasteiger partial charge in [0.15, 0.2) is 6.10 Å². The van der Waals surface area contributed by atoms with Crippen LogP contribution in [0.15, 0.2) is 42.5 Å². The van der Waals surface area contributed by atoms with Crippen LogP contribution in [0.1, 0.15) is 53.4 Å². The lowest BCUT2D eigenvalue weighted by Gasteiger charge is -2.13. The Morgan fingerprint density at radius 3 is 2.45 bits per heavy atom. The van der Waals surface area contributed by atoms with Gasteiger partial charge >= 0.3 is 5.97 Å². The number of aromatic nitrogens is 2. The Balaban J connectivity index is 1.54. The second kappa shape index (κ2) is 8.01. The van der Waals surface area contributed by atoms with Crippen LogP contribution in [0.25, 0.3) is 0 Å². The molecule has 2 aromatic carbocycles. The van der Waals surface area contributed by atoms with Crippen molar-refractivity contribution in [1.29, 1.82) is 0 Å². The molecule has 10 heteroatoms. The number of hydrogen-bond donors (Lipinski definition) is 0. The zero-order valence-corrected chi connectivity index (χ0v) is 17.9. The molecule has 0 unspecified atom stereocenters. The molecule has 1 atom stereocenters. The van der Waals surface area contributed by atoms with E-state index in [1.165, 1.54) is 31.2 Å². The van der Waals surface area contributed by atoms with Gasteiger partial charge in [0.25, 0.3) is 11.8 Å². The van der Waals surface area contributed by atoms with Crippen molar-refractivity contribution in [3.63, 3.8) is 0 Å². The molecule has 156 valence electrons. The number of hydrogen-bond acceptors (Lipinski definition) is 8. The maximum atomic E-state index is 12.8. The summed E-state index contributed by atoms with van der Waals surface area (Å²) in [5.41, 5.74) is 0.560. The van der Waals surface area contributed by atoms with Gasteiger partial charge in [0.1, 0.15) is 5.01 Å². The van der Waals surface area contributed by atoms with E-state index in [0.717, 1.165) is 16.2 Å². The number of ether oxygens (including phenoxy) is 1. The fourth-order valence-electron chi connectivity index (χ4n) is 3.08. The van der Waals surface area contributed by atoms with Crippen LogP contribution in [0.5, 0.6) is 0 Å². The summed E-state index contributed by atoms with van der Waals surface area (Å²) >= 11 is 7.01. The van der Waals surface area contributed by atoms with Gasteiger partial charge in [-0.1, -0.05) is 35.1 Å². The largest absolute Gasteiger partial charge is 0.451 e. The van der Waals surface area contributed by atoms with Crippen LogP contribution in [0, 0.1) is 6.92 Å². The standard InChI is InChI=1S/C21H14ClN3O5S/c1-10(17(26)12-4-3-5-14(22)8-12)30-20(29)13-6-7-15-16(9-13)19(28)25(18(15)27)21-24-23-11(2)31-21/h3-10H,1-2H3/t10-/m1/s1. The molecule has 4 rings (SSSR count). The number of halogens is 1. The fraction of sp³-hybridized carbons (Fsp3) is 0.143. The van der Waals surface area contributed by atoms with Gasteiger partial charge in [0.05, 0.1) is 16.7 Å². The Hall–Kier alpha value is -3.43. The van der Waals surface area contributed by atoms with E-state index < -0.39 is 29.7 Å². The monoisotopic (exact) mass is 455 g/mol. The molecule has 31 heavy (non-hydrogen) atoms.